The van der Waals surface area contributed by atoms with Gasteiger partial charge in [0.05, 0.1) is 0 Å². The van der Waals surface area contributed by atoms with Crippen molar-refractivity contribution in [1.82, 2.24) is 24.6 Å². The van der Waals surface area contributed by atoms with Crippen LogP contribution in [0.15, 0.2) is 24.3 Å². The van der Waals surface area contributed by atoms with E-state index in [0.717, 1.165) is 50.4 Å². The third-order valence-corrected chi connectivity index (χ3v) is 6.15. The lowest BCUT2D eigenvalue weighted by Crippen LogP contribution is -2.39. The molecule has 1 atom stereocenters. The van der Waals surface area contributed by atoms with E-state index in [1.165, 1.54) is 17.7 Å². The second-order valence-corrected chi connectivity index (χ2v) is 8.63. The van der Waals surface area contributed by atoms with Gasteiger partial charge in [-0.3, -0.25) is 9.59 Å². The van der Waals surface area contributed by atoms with Gasteiger partial charge in [0, 0.05) is 51.6 Å². The van der Waals surface area contributed by atoms with Crippen molar-refractivity contribution in [2.75, 3.05) is 33.8 Å². The molecule has 0 bridgehead atoms. The Morgan fingerprint density at radius 2 is 2.00 bits per heavy atom. The Balaban J connectivity index is 1.44. The number of nitrogens with zero attached hydrogens (tertiary/aromatic N) is 5. The molecule has 1 aromatic carbocycles. The van der Waals surface area contributed by atoms with Crippen LogP contribution in [0.4, 0.5) is 0 Å². The second-order valence-electron chi connectivity index (χ2n) is 8.63. The van der Waals surface area contributed by atoms with Crippen molar-refractivity contribution < 1.29 is 14.3 Å². The van der Waals surface area contributed by atoms with E-state index in [9.17, 15) is 9.59 Å². The van der Waals surface area contributed by atoms with Crippen molar-refractivity contribution in [3.05, 3.63) is 41.5 Å². The molecule has 0 radical (unpaired) electrons. The van der Waals surface area contributed by atoms with Crippen molar-refractivity contribution in [2.45, 2.75) is 51.0 Å². The summed E-state index contributed by atoms with van der Waals surface area (Å²) in [6, 6.07) is 7.08. The van der Waals surface area contributed by atoms with Crippen molar-refractivity contribution in [3.63, 3.8) is 0 Å². The van der Waals surface area contributed by atoms with Gasteiger partial charge in [0.15, 0.2) is 6.61 Å². The van der Waals surface area contributed by atoms with Crippen LogP contribution in [0.2, 0.25) is 0 Å². The van der Waals surface area contributed by atoms with Crippen LogP contribution in [-0.2, 0) is 17.8 Å². The number of piperidine rings is 1. The molecule has 4 rings (SSSR count). The number of likely N-dealkylation sites (N-methyl/N-ethyl adjacent to an activating group) is 1. The molecule has 31 heavy (non-hydrogen) atoms. The highest BCUT2D eigenvalue weighted by molar-refractivity contribution is 5.94. The first kappa shape index (κ1) is 21.3. The summed E-state index contributed by atoms with van der Waals surface area (Å²) >= 11 is 0. The number of amides is 2. The quantitative estimate of drug-likeness (QED) is 0.735. The number of carbonyl (C=O) groups is 2. The second kappa shape index (κ2) is 9.49. The molecular weight excluding hydrogens is 394 g/mol. The van der Waals surface area contributed by atoms with E-state index in [0.29, 0.717) is 17.9 Å². The number of benzene rings is 1. The zero-order chi connectivity index (χ0) is 21.8. The molecule has 0 saturated carbocycles. The van der Waals surface area contributed by atoms with E-state index in [1.54, 1.807) is 38.4 Å². The maximum absolute atomic E-state index is 13.2. The first-order valence-corrected chi connectivity index (χ1v) is 11.2. The third-order valence-electron chi connectivity index (χ3n) is 6.15. The maximum atomic E-state index is 13.2. The fourth-order valence-corrected chi connectivity index (χ4v) is 4.36. The zero-order valence-corrected chi connectivity index (χ0v) is 18.4. The summed E-state index contributed by atoms with van der Waals surface area (Å²) in [5.41, 5.74) is 0.579. The standard InChI is InChI=1S/C23H31N5O3/c1-26(2)21(29)16-31-19-10-6-8-17(14-19)23(30)27-12-7-9-18(15-27)22-25-24-20-11-4-3-5-13-28(20)22/h6,8,10,14,18H,3-5,7,9,11-13,15-16H2,1-2H3. The predicted molar refractivity (Wildman–Crippen MR) is 116 cm³/mol. The normalized spacial score (nSPS) is 18.8. The number of hydrogen-bond donors (Lipinski definition) is 0. The SMILES string of the molecule is CN(C)C(=O)COc1cccc(C(=O)N2CCCC(c3nnc4n3CCCCC4)C2)c1. The lowest BCUT2D eigenvalue weighted by atomic mass is 9.96. The van der Waals surface area contributed by atoms with Gasteiger partial charge < -0.3 is 19.1 Å². The van der Waals surface area contributed by atoms with Crippen LogP contribution in [0.1, 0.15) is 60.0 Å². The average molecular weight is 426 g/mol. The van der Waals surface area contributed by atoms with Gasteiger partial charge in [-0.05, 0) is 43.9 Å². The number of likely N-dealkylation sites (tertiary alicyclic amines) is 1. The van der Waals surface area contributed by atoms with Gasteiger partial charge >= 0.3 is 0 Å². The summed E-state index contributed by atoms with van der Waals surface area (Å²) in [5.74, 6) is 2.74. The molecule has 1 saturated heterocycles. The van der Waals surface area contributed by atoms with Crippen LogP contribution in [0.3, 0.4) is 0 Å². The van der Waals surface area contributed by atoms with Crippen LogP contribution in [0, 0.1) is 0 Å². The molecule has 2 amide bonds. The minimum Gasteiger partial charge on any atom is -0.484 e. The predicted octanol–water partition coefficient (Wildman–Crippen LogP) is 2.49. The minimum absolute atomic E-state index is 0.00955. The summed E-state index contributed by atoms with van der Waals surface area (Å²) in [5, 5.41) is 8.96. The van der Waals surface area contributed by atoms with E-state index in [2.05, 4.69) is 14.8 Å². The van der Waals surface area contributed by atoms with Gasteiger partial charge in [-0.25, -0.2) is 0 Å². The van der Waals surface area contributed by atoms with Crippen molar-refractivity contribution >= 4 is 11.8 Å². The molecule has 0 aliphatic carbocycles. The molecule has 2 aromatic rings. The molecule has 2 aliphatic rings. The lowest BCUT2D eigenvalue weighted by Gasteiger charge is -2.32. The van der Waals surface area contributed by atoms with Gasteiger partial charge in [-0.1, -0.05) is 12.5 Å². The molecule has 0 spiro atoms. The molecule has 8 nitrogen and oxygen atoms in total. The highest BCUT2D eigenvalue weighted by atomic mass is 16.5. The molecule has 1 fully saturated rings. The topological polar surface area (TPSA) is 80.6 Å². The maximum Gasteiger partial charge on any atom is 0.259 e. The van der Waals surface area contributed by atoms with Gasteiger partial charge in [0.2, 0.25) is 0 Å². The zero-order valence-electron chi connectivity index (χ0n) is 18.4. The Labute approximate surface area is 183 Å². The highest BCUT2D eigenvalue weighted by Crippen LogP contribution is 2.29. The summed E-state index contributed by atoms with van der Waals surface area (Å²) in [6.45, 7) is 2.32. The fourth-order valence-electron chi connectivity index (χ4n) is 4.36. The third kappa shape index (κ3) is 4.89. The number of aromatic nitrogens is 3. The summed E-state index contributed by atoms with van der Waals surface area (Å²) in [7, 11) is 3.37. The fraction of sp³-hybridized carbons (Fsp3) is 0.565. The van der Waals surface area contributed by atoms with E-state index < -0.39 is 0 Å². The summed E-state index contributed by atoms with van der Waals surface area (Å²) < 4.78 is 7.87. The first-order valence-electron chi connectivity index (χ1n) is 11.2. The van der Waals surface area contributed by atoms with Crippen molar-refractivity contribution in [2.24, 2.45) is 0 Å². The average Bonchev–Trinajstić information content (AvgIpc) is 3.05. The van der Waals surface area contributed by atoms with Gasteiger partial charge in [-0.2, -0.15) is 0 Å². The van der Waals surface area contributed by atoms with E-state index in [4.69, 9.17) is 4.74 Å². The number of rotatable bonds is 5. The largest absolute Gasteiger partial charge is 0.484 e. The number of fused-ring (bicyclic) bond motifs is 1. The molecule has 3 heterocycles. The molecule has 2 aliphatic heterocycles. The van der Waals surface area contributed by atoms with Crippen molar-refractivity contribution in [1.29, 1.82) is 0 Å². The minimum atomic E-state index is -0.122. The lowest BCUT2D eigenvalue weighted by molar-refractivity contribution is -0.130. The van der Waals surface area contributed by atoms with E-state index >= 15 is 0 Å². The Morgan fingerprint density at radius 1 is 1.13 bits per heavy atom. The van der Waals surface area contributed by atoms with Crippen LogP contribution in [-0.4, -0.2) is 70.2 Å². The molecule has 0 N–H and O–H groups in total. The number of ether oxygens (including phenoxy) is 1. The monoisotopic (exact) mass is 425 g/mol. The summed E-state index contributed by atoms with van der Waals surface area (Å²) in [4.78, 5) is 28.4. The number of carbonyl (C=O) groups excluding carboxylic acids is 2. The van der Waals surface area contributed by atoms with Crippen molar-refractivity contribution in [3.8, 4) is 5.75 Å². The summed E-state index contributed by atoms with van der Waals surface area (Å²) in [6.07, 6.45) is 6.54. The smallest absolute Gasteiger partial charge is 0.259 e. The number of hydrogen-bond acceptors (Lipinski definition) is 5. The Kier molecular flexibility index (Phi) is 6.53. The Bertz CT molecular complexity index is 939. The van der Waals surface area contributed by atoms with E-state index in [-0.39, 0.29) is 24.3 Å². The molecule has 1 unspecified atom stereocenters. The molecule has 1 aromatic heterocycles. The number of aryl methyl sites for hydroxylation is 1. The molecule has 166 valence electrons. The van der Waals surface area contributed by atoms with Gasteiger partial charge in [-0.15, -0.1) is 10.2 Å². The molecular formula is C23H31N5O3. The van der Waals surface area contributed by atoms with Crippen LogP contribution in [0.25, 0.3) is 0 Å². The Morgan fingerprint density at radius 3 is 2.84 bits per heavy atom. The first-order chi connectivity index (χ1) is 15.0. The van der Waals surface area contributed by atoms with Crippen LogP contribution >= 0.6 is 0 Å². The Hall–Kier alpha value is -2.90. The van der Waals surface area contributed by atoms with Crippen LogP contribution in [0.5, 0.6) is 5.75 Å². The van der Waals surface area contributed by atoms with E-state index in [1.807, 2.05) is 4.90 Å². The van der Waals surface area contributed by atoms with Gasteiger partial charge in [0.1, 0.15) is 17.4 Å². The van der Waals surface area contributed by atoms with Gasteiger partial charge in [0.25, 0.3) is 11.8 Å². The molecule has 8 heteroatoms. The van der Waals surface area contributed by atoms with Crippen LogP contribution < -0.4 is 4.74 Å². The highest BCUT2D eigenvalue weighted by Gasteiger charge is 2.30.